The number of ether oxygens (including phenoxy) is 2. The standard InChI is InChI=1S/C13H20N2O3/c1-2-15(3-4-16)9-10-7-12-13(8-11(10)14)18-6-5-17-12/h7-8,16H,2-6,9,14H2,1H3. The lowest BCUT2D eigenvalue weighted by atomic mass is 10.1. The average molecular weight is 252 g/mol. The van der Waals surface area contributed by atoms with Crippen molar-refractivity contribution in [3.8, 4) is 11.5 Å². The first-order valence-corrected chi connectivity index (χ1v) is 6.25. The second kappa shape index (κ2) is 5.93. The highest BCUT2D eigenvalue weighted by molar-refractivity contribution is 5.58. The van der Waals surface area contributed by atoms with Crippen LogP contribution in [-0.4, -0.2) is 42.9 Å². The molecule has 100 valence electrons. The molecule has 0 saturated carbocycles. The molecule has 0 saturated heterocycles. The van der Waals surface area contributed by atoms with Crippen molar-refractivity contribution < 1.29 is 14.6 Å². The van der Waals surface area contributed by atoms with Crippen LogP contribution in [0.5, 0.6) is 11.5 Å². The molecule has 5 nitrogen and oxygen atoms in total. The van der Waals surface area contributed by atoms with Crippen LogP contribution in [0, 0.1) is 0 Å². The molecule has 0 aliphatic carbocycles. The quantitative estimate of drug-likeness (QED) is 0.761. The summed E-state index contributed by atoms with van der Waals surface area (Å²) in [5.41, 5.74) is 7.73. The van der Waals surface area contributed by atoms with Gasteiger partial charge in [-0.3, -0.25) is 4.90 Å². The summed E-state index contributed by atoms with van der Waals surface area (Å²) < 4.78 is 11.0. The summed E-state index contributed by atoms with van der Waals surface area (Å²) in [5.74, 6) is 1.47. The van der Waals surface area contributed by atoms with E-state index in [1.54, 1.807) is 0 Å². The zero-order chi connectivity index (χ0) is 13.0. The van der Waals surface area contributed by atoms with Crippen molar-refractivity contribution in [1.82, 2.24) is 4.90 Å². The van der Waals surface area contributed by atoms with Crippen LogP contribution in [0.25, 0.3) is 0 Å². The third-order valence-electron chi connectivity index (χ3n) is 3.06. The molecular weight excluding hydrogens is 232 g/mol. The van der Waals surface area contributed by atoms with Crippen molar-refractivity contribution in [3.63, 3.8) is 0 Å². The molecule has 0 atom stereocenters. The molecule has 18 heavy (non-hydrogen) atoms. The van der Waals surface area contributed by atoms with E-state index in [0.29, 0.717) is 37.7 Å². The van der Waals surface area contributed by atoms with Gasteiger partial charge in [-0.15, -0.1) is 0 Å². The van der Waals surface area contributed by atoms with E-state index in [4.69, 9.17) is 20.3 Å². The second-order valence-corrected chi connectivity index (χ2v) is 4.29. The second-order valence-electron chi connectivity index (χ2n) is 4.29. The molecule has 1 aromatic rings. The molecule has 0 amide bonds. The van der Waals surface area contributed by atoms with Gasteiger partial charge in [-0.1, -0.05) is 6.92 Å². The molecule has 3 N–H and O–H groups in total. The maximum Gasteiger partial charge on any atom is 0.163 e. The molecule has 2 rings (SSSR count). The molecule has 0 bridgehead atoms. The molecule has 1 heterocycles. The average Bonchev–Trinajstić information content (AvgIpc) is 2.39. The summed E-state index contributed by atoms with van der Waals surface area (Å²) in [6.45, 7) is 5.57. The molecule has 5 heteroatoms. The van der Waals surface area contributed by atoms with Crippen LogP contribution in [0.2, 0.25) is 0 Å². The van der Waals surface area contributed by atoms with Crippen molar-refractivity contribution in [2.24, 2.45) is 0 Å². The Morgan fingerprint density at radius 3 is 2.56 bits per heavy atom. The van der Waals surface area contributed by atoms with Crippen LogP contribution in [0.3, 0.4) is 0 Å². The van der Waals surface area contributed by atoms with E-state index in [1.807, 2.05) is 12.1 Å². The Morgan fingerprint density at radius 1 is 1.28 bits per heavy atom. The van der Waals surface area contributed by atoms with Gasteiger partial charge >= 0.3 is 0 Å². The Bertz CT molecular complexity index is 409. The topological polar surface area (TPSA) is 68.0 Å². The lowest BCUT2D eigenvalue weighted by Crippen LogP contribution is -2.26. The number of aliphatic hydroxyl groups excluding tert-OH is 1. The Kier molecular flexibility index (Phi) is 4.28. The van der Waals surface area contributed by atoms with Crippen LogP contribution in [0.4, 0.5) is 5.69 Å². The van der Waals surface area contributed by atoms with Crippen LogP contribution >= 0.6 is 0 Å². The van der Waals surface area contributed by atoms with Gasteiger partial charge in [0.25, 0.3) is 0 Å². The zero-order valence-electron chi connectivity index (χ0n) is 10.7. The number of nitrogens with zero attached hydrogens (tertiary/aromatic N) is 1. The summed E-state index contributed by atoms with van der Waals surface area (Å²) in [5, 5.41) is 8.99. The zero-order valence-corrected chi connectivity index (χ0v) is 10.7. The van der Waals surface area contributed by atoms with Gasteiger partial charge in [0, 0.05) is 24.8 Å². The SMILES string of the molecule is CCN(CCO)Cc1cc2c(cc1N)OCCO2. The van der Waals surface area contributed by atoms with Crippen LogP contribution < -0.4 is 15.2 Å². The van der Waals surface area contributed by atoms with E-state index in [-0.39, 0.29) is 6.61 Å². The van der Waals surface area contributed by atoms with E-state index in [9.17, 15) is 0 Å². The summed E-state index contributed by atoms with van der Waals surface area (Å²) in [7, 11) is 0. The fraction of sp³-hybridized carbons (Fsp3) is 0.538. The summed E-state index contributed by atoms with van der Waals surface area (Å²) >= 11 is 0. The Morgan fingerprint density at radius 2 is 1.94 bits per heavy atom. The number of hydrogen-bond donors (Lipinski definition) is 2. The first kappa shape index (κ1) is 13.0. The maximum atomic E-state index is 8.99. The number of nitrogen functional groups attached to an aromatic ring is 1. The number of benzene rings is 1. The number of nitrogens with two attached hydrogens (primary N) is 1. The third kappa shape index (κ3) is 2.86. The van der Waals surface area contributed by atoms with Crippen molar-refractivity contribution >= 4 is 5.69 Å². The van der Waals surface area contributed by atoms with Crippen LogP contribution in [0.1, 0.15) is 12.5 Å². The van der Waals surface area contributed by atoms with Gasteiger partial charge in [0.05, 0.1) is 6.61 Å². The van der Waals surface area contributed by atoms with Gasteiger partial charge in [0.1, 0.15) is 13.2 Å². The number of rotatable bonds is 5. The van der Waals surface area contributed by atoms with Gasteiger partial charge < -0.3 is 20.3 Å². The van der Waals surface area contributed by atoms with E-state index >= 15 is 0 Å². The first-order valence-electron chi connectivity index (χ1n) is 6.25. The molecule has 0 radical (unpaired) electrons. The maximum absolute atomic E-state index is 8.99. The molecular formula is C13H20N2O3. The van der Waals surface area contributed by atoms with Crippen LogP contribution in [0.15, 0.2) is 12.1 Å². The molecule has 0 fully saturated rings. The predicted octanol–water partition coefficient (Wildman–Crippen LogP) is 0.854. The Hall–Kier alpha value is -1.46. The summed E-state index contributed by atoms with van der Waals surface area (Å²) in [6.07, 6.45) is 0. The lowest BCUT2D eigenvalue weighted by Gasteiger charge is -2.23. The van der Waals surface area contributed by atoms with E-state index in [2.05, 4.69) is 11.8 Å². The fourth-order valence-corrected chi connectivity index (χ4v) is 2.01. The molecule has 0 spiro atoms. The minimum absolute atomic E-state index is 0.151. The molecule has 0 unspecified atom stereocenters. The molecule has 1 aromatic carbocycles. The minimum atomic E-state index is 0.151. The van der Waals surface area contributed by atoms with E-state index < -0.39 is 0 Å². The van der Waals surface area contributed by atoms with Gasteiger partial charge in [0.2, 0.25) is 0 Å². The van der Waals surface area contributed by atoms with Crippen LogP contribution in [-0.2, 0) is 6.54 Å². The monoisotopic (exact) mass is 252 g/mol. The molecule has 1 aliphatic rings. The van der Waals surface area contributed by atoms with Crippen molar-refractivity contribution in [1.29, 1.82) is 0 Å². The smallest absolute Gasteiger partial charge is 0.163 e. The summed E-state index contributed by atoms with van der Waals surface area (Å²) in [6, 6.07) is 3.75. The van der Waals surface area contributed by atoms with Gasteiger partial charge in [-0.05, 0) is 18.2 Å². The largest absolute Gasteiger partial charge is 0.486 e. The summed E-state index contributed by atoms with van der Waals surface area (Å²) in [4.78, 5) is 2.13. The molecule has 1 aliphatic heterocycles. The lowest BCUT2D eigenvalue weighted by molar-refractivity contribution is 0.170. The number of fused-ring (bicyclic) bond motifs is 1. The number of hydrogen-bond acceptors (Lipinski definition) is 5. The number of aliphatic hydroxyl groups is 1. The highest BCUT2D eigenvalue weighted by atomic mass is 16.6. The van der Waals surface area contributed by atoms with E-state index in [0.717, 1.165) is 17.9 Å². The van der Waals surface area contributed by atoms with Gasteiger partial charge in [-0.25, -0.2) is 0 Å². The van der Waals surface area contributed by atoms with E-state index in [1.165, 1.54) is 0 Å². The van der Waals surface area contributed by atoms with Crippen molar-refractivity contribution in [3.05, 3.63) is 17.7 Å². The number of anilines is 1. The van der Waals surface area contributed by atoms with Crippen molar-refractivity contribution in [2.45, 2.75) is 13.5 Å². The predicted molar refractivity (Wildman–Crippen MR) is 69.9 cm³/mol. The third-order valence-corrected chi connectivity index (χ3v) is 3.06. The Balaban J connectivity index is 2.17. The highest BCUT2D eigenvalue weighted by Crippen LogP contribution is 2.34. The molecule has 0 aromatic heterocycles. The van der Waals surface area contributed by atoms with Gasteiger partial charge in [-0.2, -0.15) is 0 Å². The van der Waals surface area contributed by atoms with Crippen molar-refractivity contribution in [2.75, 3.05) is 38.6 Å². The number of likely N-dealkylation sites (N-methyl/N-ethyl adjacent to an activating group) is 1. The highest BCUT2D eigenvalue weighted by Gasteiger charge is 2.15. The Labute approximate surface area is 107 Å². The fourth-order valence-electron chi connectivity index (χ4n) is 2.01. The normalized spacial score (nSPS) is 13.9. The first-order chi connectivity index (χ1) is 8.74. The minimum Gasteiger partial charge on any atom is -0.486 e. The van der Waals surface area contributed by atoms with Gasteiger partial charge in [0.15, 0.2) is 11.5 Å².